The van der Waals surface area contributed by atoms with E-state index in [4.69, 9.17) is 9.47 Å². The Morgan fingerprint density at radius 2 is 1.04 bits per heavy atom. The number of sulfonamides is 3. The third-order valence-corrected chi connectivity index (χ3v) is 21.3. The van der Waals surface area contributed by atoms with Gasteiger partial charge in [0.15, 0.2) is 0 Å². The lowest BCUT2D eigenvalue weighted by atomic mass is 10.1. The van der Waals surface area contributed by atoms with Gasteiger partial charge in [0.2, 0.25) is 10.0 Å². The van der Waals surface area contributed by atoms with E-state index in [1.54, 1.807) is 102 Å². The van der Waals surface area contributed by atoms with Crippen LogP contribution in [0.4, 0.5) is 11.4 Å². The number of methoxy groups -OCH3 is 2. The SMILES string of the molecule is CCCCNS(=O)(=O)c1cccc(NC2CCN(S(=O)(=O)c3ccc(CNC(=O)c4cccc(OC)c4)s3)CC2)c1.CCc1cccc(NC2CCN(S(=O)(=O)c3ccc(CNC(=O)c4cccc(OC)c4)s3)CC2)c1. The van der Waals surface area contributed by atoms with E-state index in [0.717, 1.165) is 58.9 Å². The molecule has 0 spiro atoms. The van der Waals surface area contributed by atoms with Crippen molar-refractivity contribution < 1.29 is 44.3 Å². The fraction of sp³-hybridized carbons (Fsp3) is 0.370. The van der Waals surface area contributed by atoms with Crippen LogP contribution < -0.4 is 35.5 Å². The first-order valence-electron chi connectivity index (χ1n) is 25.2. The van der Waals surface area contributed by atoms with Gasteiger partial charge >= 0.3 is 0 Å². The highest BCUT2D eigenvalue weighted by Crippen LogP contribution is 2.30. The molecule has 17 nitrogen and oxygen atoms in total. The predicted octanol–water partition coefficient (Wildman–Crippen LogP) is 8.54. The van der Waals surface area contributed by atoms with Crippen molar-refractivity contribution in [3.63, 3.8) is 0 Å². The van der Waals surface area contributed by atoms with Crippen molar-refractivity contribution >= 4 is 75.9 Å². The van der Waals surface area contributed by atoms with Crippen molar-refractivity contribution in [2.24, 2.45) is 0 Å². The molecule has 0 unspecified atom stereocenters. The molecule has 2 aliphatic heterocycles. The van der Waals surface area contributed by atoms with Gasteiger partial charge in [0, 0.05) is 77.1 Å². The van der Waals surface area contributed by atoms with Crippen LogP contribution in [-0.2, 0) is 49.6 Å². The molecule has 0 bridgehead atoms. The number of aryl methyl sites for hydroxylation is 1. The zero-order chi connectivity index (χ0) is 54.3. The van der Waals surface area contributed by atoms with E-state index in [9.17, 15) is 34.8 Å². The molecule has 408 valence electrons. The average Bonchev–Trinajstić information content (AvgIpc) is 4.15. The summed E-state index contributed by atoms with van der Waals surface area (Å²) in [5.41, 5.74) is 4.00. The molecule has 0 saturated carbocycles. The summed E-state index contributed by atoms with van der Waals surface area (Å²) in [6, 6.07) is 35.7. The lowest BCUT2D eigenvalue weighted by Gasteiger charge is -2.31. The van der Waals surface area contributed by atoms with Crippen molar-refractivity contribution in [3.8, 4) is 11.5 Å². The van der Waals surface area contributed by atoms with Crippen molar-refractivity contribution in [1.29, 1.82) is 0 Å². The fourth-order valence-corrected chi connectivity index (χ4v) is 15.5. The highest BCUT2D eigenvalue weighted by molar-refractivity contribution is 7.91. The Bertz CT molecular complexity index is 3240. The van der Waals surface area contributed by atoms with Crippen LogP contribution in [0.5, 0.6) is 11.5 Å². The maximum Gasteiger partial charge on any atom is 0.252 e. The number of anilines is 2. The number of nitrogens with one attached hydrogen (secondary N) is 5. The molecule has 4 heterocycles. The van der Waals surface area contributed by atoms with Crippen LogP contribution in [0.2, 0.25) is 0 Å². The van der Waals surface area contributed by atoms with E-state index in [1.165, 1.54) is 28.3 Å². The van der Waals surface area contributed by atoms with Crippen LogP contribution in [-0.4, -0.2) is 105 Å². The number of rotatable bonds is 22. The number of carbonyl (C=O) groups is 2. The number of piperidine rings is 2. The first-order chi connectivity index (χ1) is 36.5. The van der Waals surface area contributed by atoms with Gasteiger partial charge in [0.1, 0.15) is 19.9 Å². The van der Waals surface area contributed by atoms with Gasteiger partial charge < -0.3 is 30.7 Å². The molecule has 8 rings (SSSR count). The number of nitrogens with zero attached hydrogens (tertiary/aromatic N) is 2. The monoisotopic (exact) mass is 1130 g/mol. The molecule has 0 atom stereocenters. The zero-order valence-electron chi connectivity index (χ0n) is 43.1. The van der Waals surface area contributed by atoms with Gasteiger partial charge in [-0.05, 0) is 135 Å². The molecular formula is C54H67N7O10S5. The number of ether oxygens (including phenoxy) is 2. The highest BCUT2D eigenvalue weighted by atomic mass is 32.3. The van der Waals surface area contributed by atoms with Gasteiger partial charge in [-0.3, -0.25) is 9.59 Å². The van der Waals surface area contributed by atoms with Crippen molar-refractivity contribution in [1.82, 2.24) is 24.0 Å². The summed E-state index contributed by atoms with van der Waals surface area (Å²) in [5.74, 6) is 0.682. The number of hydrogen-bond acceptors (Lipinski definition) is 14. The molecule has 0 radical (unpaired) electrons. The van der Waals surface area contributed by atoms with Crippen LogP contribution >= 0.6 is 22.7 Å². The predicted molar refractivity (Wildman–Crippen MR) is 300 cm³/mol. The smallest absolute Gasteiger partial charge is 0.252 e. The lowest BCUT2D eigenvalue weighted by Crippen LogP contribution is -2.42. The summed E-state index contributed by atoms with van der Waals surface area (Å²) in [7, 11) is -7.72. The normalized spacial score (nSPS) is 15.0. The van der Waals surface area contributed by atoms with Gasteiger partial charge in [-0.15, -0.1) is 22.7 Å². The summed E-state index contributed by atoms with van der Waals surface area (Å²) in [4.78, 5) is 26.6. The van der Waals surface area contributed by atoms with Crippen molar-refractivity contribution in [2.75, 3.05) is 57.6 Å². The second-order valence-corrected chi connectivity index (χ2v) is 26.7. The zero-order valence-corrected chi connectivity index (χ0v) is 47.2. The second-order valence-electron chi connectivity index (χ2n) is 18.2. The van der Waals surface area contributed by atoms with Crippen LogP contribution in [0.1, 0.15) is 88.4 Å². The third kappa shape index (κ3) is 15.6. The lowest BCUT2D eigenvalue weighted by molar-refractivity contribution is 0.0943. The molecule has 2 aromatic heterocycles. The molecule has 2 saturated heterocycles. The van der Waals surface area contributed by atoms with Crippen LogP contribution in [0.3, 0.4) is 0 Å². The molecule has 4 aromatic carbocycles. The van der Waals surface area contributed by atoms with Crippen molar-refractivity contribution in [2.45, 2.75) is 97.3 Å². The molecule has 0 aliphatic carbocycles. The summed E-state index contributed by atoms with van der Waals surface area (Å²) in [6.45, 7) is 6.65. The molecule has 2 aliphatic rings. The number of carbonyl (C=O) groups excluding carboxylic acids is 2. The highest BCUT2D eigenvalue weighted by Gasteiger charge is 2.32. The topological polar surface area (TPSA) is 222 Å². The molecular weight excluding hydrogens is 1070 g/mol. The van der Waals surface area contributed by atoms with E-state index < -0.39 is 30.1 Å². The van der Waals surface area contributed by atoms with E-state index in [2.05, 4.69) is 51.1 Å². The third-order valence-electron chi connectivity index (χ3n) is 12.9. The van der Waals surface area contributed by atoms with E-state index in [-0.39, 0.29) is 46.1 Å². The second kappa shape index (κ2) is 27.0. The Labute approximate surface area is 455 Å². The Hall–Kier alpha value is -5.85. The summed E-state index contributed by atoms with van der Waals surface area (Å²) < 4.78 is 94.7. The first-order valence-corrected chi connectivity index (χ1v) is 31.2. The Morgan fingerprint density at radius 1 is 0.579 bits per heavy atom. The molecule has 2 fully saturated rings. The molecule has 76 heavy (non-hydrogen) atoms. The van der Waals surface area contributed by atoms with Gasteiger partial charge in [0.05, 0.1) is 32.2 Å². The number of amides is 2. The minimum Gasteiger partial charge on any atom is -0.497 e. The van der Waals surface area contributed by atoms with Gasteiger partial charge in [-0.2, -0.15) is 8.61 Å². The molecule has 22 heteroatoms. The van der Waals surface area contributed by atoms with E-state index in [0.29, 0.717) is 78.1 Å². The minimum absolute atomic E-state index is 0.0122. The number of hydrogen-bond donors (Lipinski definition) is 5. The molecule has 6 aromatic rings. The van der Waals surface area contributed by atoms with Gasteiger partial charge in [0.25, 0.3) is 31.9 Å². The molecule has 2 amide bonds. The summed E-state index contributed by atoms with van der Waals surface area (Å²) in [5, 5.41) is 12.6. The number of thiophene rings is 2. The quantitative estimate of drug-likeness (QED) is 0.0404. The van der Waals surface area contributed by atoms with Crippen LogP contribution in [0, 0.1) is 0 Å². The molecule has 5 N–H and O–H groups in total. The maximum absolute atomic E-state index is 13.3. The number of benzene rings is 4. The standard InChI is InChI=1S/C28H36N4O6S3.C26H31N3O4S2/c1-3-4-15-30-40(34,35)26-10-6-8-23(19-26)31-22-13-16-32(17-14-22)41(36,37)27-12-11-25(39-27)20-29-28(33)21-7-5-9-24(18-21)38-2;1-3-19-6-4-8-22(16-19)28-21-12-14-29(15-13-21)35(31,32)25-11-10-24(34-25)18-27-26(30)20-7-5-9-23(17-20)33-2/h5-12,18-19,22,30-31H,3-4,13-17,20H2,1-2H3,(H,29,33);4-11,16-17,21,28H,3,12-15,18H2,1-2H3,(H,27,30). The largest absolute Gasteiger partial charge is 0.497 e. The Balaban J connectivity index is 0.000000224. The number of unbranched alkanes of at least 4 members (excludes halogenated alkanes) is 1. The van der Waals surface area contributed by atoms with E-state index >= 15 is 0 Å². The summed E-state index contributed by atoms with van der Waals surface area (Å²) in [6.07, 6.45) is 5.33. The Morgan fingerprint density at radius 3 is 1.50 bits per heavy atom. The average molecular weight is 1130 g/mol. The van der Waals surface area contributed by atoms with Crippen molar-refractivity contribution in [3.05, 3.63) is 148 Å². The Kier molecular flexibility index (Phi) is 20.5. The summed E-state index contributed by atoms with van der Waals surface area (Å²) >= 11 is 2.35. The minimum atomic E-state index is -3.67. The van der Waals surface area contributed by atoms with E-state index in [1.807, 2.05) is 19.1 Å². The van der Waals surface area contributed by atoms with Gasteiger partial charge in [-0.25, -0.2) is 30.0 Å². The first kappa shape index (κ1) is 57.8. The fourth-order valence-electron chi connectivity index (χ4n) is 8.56. The van der Waals surface area contributed by atoms with Gasteiger partial charge in [-0.1, -0.05) is 50.6 Å². The maximum atomic E-state index is 13.3. The van der Waals surface area contributed by atoms with Crippen LogP contribution in [0.15, 0.2) is 135 Å². The van der Waals surface area contributed by atoms with Crippen LogP contribution in [0.25, 0.3) is 0 Å².